The molecule has 0 aliphatic heterocycles. The van der Waals surface area contributed by atoms with Crippen LogP contribution in [0.2, 0.25) is 0 Å². The van der Waals surface area contributed by atoms with Crippen molar-refractivity contribution in [3.8, 4) is 11.5 Å². The van der Waals surface area contributed by atoms with Gasteiger partial charge >= 0.3 is 0 Å². The van der Waals surface area contributed by atoms with Crippen molar-refractivity contribution in [1.29, 1.82) is 0 Å². The van der Waals surface area contributed by atoms with E-state index in [9.17, 15) is 0 Å². The summed E-state index contributed by atoms with van der Waals surface area (Å²) < 4.78 is 12.0. The van der Waals surface area contributed by atoms with Gasteiger partial charge in [0.05, 0.1) is 13.2 Å². The summed E-state index contributed by atoms with van der Waals surface area (Å²) in [5.41, 5.74) is 6.87. The van der Waals surface area contributed by atoms with Gasteiger partial charge in [0, 0.05) is 16.1 Å². The highest BCUT2D eigenvalue weighted by Crippen LogP contribution is 2.37. The van der Waals surface area contributed by atoms with Crippen molar-refractivity contribution in [1.82, 2.24) is 0 Å². The minimum Gasteiger partial charge on any atom is -0.493 e. The molecule has 0 fully saturated rings. The number of methoxy groups -OCH3 is 1. The number of hydrogen-bond donors (Lipinski definition) is 1. The molecule has 0 aliphatic rings. The summed E-state index contributed by atoms with van der Waals surface area (Å²) in [4.78, 5) is 0. The lowest BCUT2D eigenvalue weighted by Crippen LogP contribution is -2.13. The smallest absolute Gasteiger partial charge is 0.166 e. The predicted molar refractivity (Wildman–Crippen MR) is 69.1 cm³/mol. The summed E-state index contributed by atoms with van der Waals surface area (Å²) in [6.07, 6.45) is 0.0903. The summed E-state index contributed by atoms with van der Waals surface area (Å²) >= 11 is 3.43. The van der Waals surface area contributed by atoms with Crippen LogP contribution in [0.25, 0.3) is 0 Å². The number of hydrogen-bond acceptors (Lipinski definition) is 3. The van der Waals surface area contributed by atoms with Crippen LogP contribution in [0.1, 0.15) is 32.4 Å². The minimum absolute atomic E-state index is 0.0903. The zero-order valence-corrected chi connectivity index (χ0v) is 11.7. The molecular formula is C12H18BrNO2. The van der Waals surface area contributed by atoms with E-state index in [0.29, 0.717) is 5.75 Å². The Labute approximate surface area is 105 Å². The summed E-state index contributed by atoms with van der Waals surface area (Å²) in [7, 11) is 1.62. The maximum Gasteiger partial charge on any atom is 0.166 e. The summed E-state index contributed by atoms with van der Waals surface area (Å²) in [6.45, 7) is 5.88. The highest BCUT2D eigenvalue weighted by Gasteiger charge is 2.16. The summed E-state index contributed by atoms with van der Waals surface area (Å²) in [5, 5.41) is 0. The second kappa shape index (κ2) is 5.55. The average Bonchev–Trinajstić information content (AvgIpc) is 2.19. The lowest BCUT2D eigenvalue weighted by Gasteiger charge is -2.19. The Bertz CT molecular complexity index is 364. The maximum absolute atomic E-state index is 5.93. The lowest BCUT2D eigenvalue weighted by molar-refractivity contribution is 0.226. The van der Waals surface area contributed by atoms with Gasteiger partial charge in [0.1, 0.15) is 0 Å². The number of rotatable bonds is 4. The molecule has 0 bridgehead atoms. The van der Waals surface area contributed by atoms with Crippen molar-refractivity contribution < 1.29 is 9.47 Å². The number of halogens is 1. The molecule has 0 amide bonds. The van der Waals surface area contributed by atoms with Crippen LogP contribution in [0.3, 0.4) is 0 Å². The van der Waals surface area contributed by atoms with Crippen LogP contribution < -0.4 is 15.2 Å². The number of benzene rings is 1. The SMILES string of the molecule is COc1cc(Br)cc(C(C)N)c1OC(C)C. The van der Waals surface area contributed by atoms with Crippen molar-refractivity contribution in [3.05, 3.63) is 22.2 Å². The van der Waals surface area contributed by atoms with Crippen LogP contribution in [0, 0.1) is 0 Å². The van der Waals surface area contributed by atoms with Crippen molar-refractivity contribution in [2.24, 2.45) is 5.73 Å². The molecule has 1 atom stereocenters. The van der Waals surface area contributed by atoms with E-state index in [1.54, 1.807) is 7.11 Å². The zero-order chi connectivity index (χ0) is 12.3. The van der Waals surface area contributed by atoms with E-state index in [1.807, 2.05) is 32.9 Å². The third-order valence-corrected chi connectivity index (χ3v) is 2.57. The fraction of sp³-hybridized carbons (Fsp3) is 0.500. The maximum atomic E-state index is 5.93. The molecule has 16 heavy (non-hydrogen) atoms. The van der Waals surface area contributed by atoms with E-state index in [-0.39, 0.29) is 12.1 Å². The van der Waals surface area contributed by atoms with Crippen LogP contribution in [-0.4, -0.2) is 13.2 Å². The normalized spacial score (nSPS) is 12.7. The lowest BCUT2D eigenvalue weighted by atomic mass is 10.1. The van der Waals surface area contributed by atoms with Crippen LogP contribution in [0.15, 0.2) is 16.6 Å². The number of ether oxygens (including phenoxy) is 2. The fourth-order valence-corrected chi connectivity index (χ4v) is 1.90. The summed E-state index contributed by atoms with van der Waals surface area (Å²) in [5.74, 6) is 1.44. The molecule has 3 nitrogen and oxygen atoms in total. The Morgan fingerprint density at radius 3 is 2.31 bits per heavy atom. The van der Waals surface area contributed by atoms with Crippen molar-refractivity contribution in [2.75, 3.05) is 7.11 Å². The molecule has 0 heterocycles. The van der Waals surface area contributed by atoms with Crippen LogP contribution in [-0.2, 0) is 0 Å². The van der Waals surface area contributed by atoms with Gasteiger partial charge < -0.3 is 15.2 Å². The molecule has 1 unspecified atom stereocenters. The van der Waals surface area contributed by atoms with Gasteiger partial charge in [-0.3, -0.25) is 0 Å². The van der Waals surface area contributed by atoms with Gasteiger partial charge in [-0.1, -0.05) is 15.9 Å². The molecule has 0 radical (unpaired) electrons. The first kappa shape index (κ1) is 13.3. The number of nitrogens with two attached hydrogens (primary N) is 1. The van der Waals surface area contributed by atoms with Gasteiger partial charge in [-0.05, 0) is 32.9 Å². The van der Waals surface area contributed by atoms with E-state index >= 15 is 0 Å². The van der Waals surface area contributed by atoms with Crippen molar-refractivity contribution in [2.45, 2.75) is 32.9 Å². The van der Waals surface area contributed by atoms with Crippen molar-refractivity contribution >= 4 is 15.9 Å². The summed E-state index contributed by atoms with van der Waals surface area (Å²) in [6, 6.07) is 3.74. The Morgan fingerprint density at radius 1 is 1.25 bits per heavy atom. The van der Waals surface area contributed by atoms with Gasteiger partial charge in [-0.15, -0.1) is 0 Å². The van der Waals surface area contributed by atoms with Crippen LogP contribution in [0.5, 0.6) is 11.5 Å². The second-order valence-corrected chi connectivity index (χ2v) is 4.90. The van der Waals surface area contributed by atoms with Gasteiger partial charge in [-0.25, -0.2) is 0 Å². The highest BCUT2D eigenvalue weighted by molar-refractivity contribution is 9.10. The zero-order valence-electron chi connectivity index (χ0n) is 10.1. The Hall–Kier alpha value is -0.740. The van der Waals surface area contributed by atoms with Gasteiger partial charge in [0.15, 0.2) is 11.5 Å². The first-order valence-corrected chi connectivity index (χ1v) is 6.04. The molecule has 1 aromatic rings. The Kier molecular flexibility index (Phi) is 4.62. The minimum atomic E-state index is -0.0971. The topological polar surface area (TPSA) is 44.5 Å². The molecule has 0 saturated carbocycles. The predicted octanol–water partition coefficient (Wildman–Crippen LogP) is 3.26. The Balaban J connectivity index is 3.27. The largest absolute Gasteiger partial charge is 0.493 e. The molecule has 1 rings (SSSR count). The molecule has 90 valence electrons. The molecule has 4 heteroatoms. The second-order valence-electron chi connectivity index (χ2n) is 3.98. The highest BCUT2D eigenvalue weighted by atomic mass is 79.9. The first-order valence-electron chi connectivity index (χ1n) is 5.25. The molecule has 1 aromatic carbocycles. The van der Waals surface area contributed by atoms with Gasteiger partial charge in [0.2, 0.25) is 0 Å². The Morgan fingerprint density at radius 2 is 1.88 bits per heavy atom. The fourth-order valence-electron chi connectivity index (χ4n) is 1.44. The van der Waals surface area contributed by atoms with Crippen molar-refractivity contribution in [3.63, 3.8) is 0 Å². The van der Waals surface area contributed by atoms with Crippen LogP contribution >= 0.6 is 15.9 Å². The molecule has 0 aromatic heterocycles. The standard InChI is InChI=1S/C12H18BrNO2/c1-7(2)16-12-10(8(3)14)5-9(13)6-11(12)15-4/h5-8H,14H2,1-4H3. The molecular weight excluding hydrogens is 270 g/mol. The third kappa shape index (κ3) is 3.12. The van der Waals surface area contributed by atoms with E-state index in [2.05, 4.69) is 15.9 Å². The van der Waals surface area contributed by atoms with Crippen LogP contribution in [0.4, 0.5) is 0 Å². The van der Waals surface area contributed by atoms with Gasteiger partial charge in [-0.2, -0.15) is 0 Å². The van der Waals surface area contributed by atoms with E-state index in [1.165, 1.54) is 0 Å². The molecule has 0 aliphatic carbocycles. The molecule has 0 spiro atoms. The molecule has 2 N–H and O–H groups in total. The first-order chi connectivity index (χ1) is 7.45. The monoisotopic (exact) mass is 287 g/mol. The molecule has 0 saturated heterocycles. The van der Waals surface area contributed by atoms with E-state index in [0.717, 1.165) is 15.8 Å². The average molecular weight is 288 g/mol. The van der Waals surface area contributed by atoms with E-state index in [4.69, 9.17) is 15.2 Å². The van der Waals surface area contributed by atoms with E-state index < -0.39 is 0 Å². The van der Waals surface area contributed by atoms with Gasteiger partial charge in [0.25, 0.3) is 0 Å². The third-order valence-electron chi connectivity index (χ3n) is 2.11. The quantitative estimate of drug-likeness (QED) is 0.924.